The van der Waals surface area contributed by atoms with E-state index in [1.165, 1.54) is 0 Å². The summed E-state index contributed by atoms with van der Waals surface area (Å²) < 4.78 is 49.3. The average molecular weight is 993 g/mol. The number of hydrogen-bond acceptors (Lipinski definition) is 20. The second-order valence-corrected chi connectivity index (χ2v) is 20.1. The molecule has 4 saturated heterocycles. The third kappa shape index (κ3) is 28.5. The fourth-order valence-electron chi connectivity index (χ4n) is 8.95. The van der Waals surface area contributed by atoms with Crippen molar-refractivity contribution in [3.8, 4) is 0 Å². The van der Waals surface area contributed by atoms with Crippen LogP contribution in [0.1, 0.15) is 32.6 Å². The van der Waals surface area contributed by atoms with Gasteiger partial charge in [-0.05, 0) is 60.8 Å². The molecule has 0 aromatic carbocycles. The van der Waals surface area contributed by atoms with Crippen LogP contribution in [0.25, 0.3) is 0 Å². The maximum atomic E-state index is 10.6. The number of hydrogen-bond donors (Lipinski definition) is 4. The molecule has 69 heavy (non-hydrogen) atoms. The first kappa shape index (κ1) is 60.8. The van der Waals surface area contributed by atoms with E-state index in [1.807, 2.05) is 6.92 Å². The van der Waals surface area contributed by atoms with Crippen molar-refractivity contribution < 1.29 is 58.3 Å². The van der Waals surface area contributed by atoms with Gasteiger partial charge >= 0.3 is 0 Å². The smallest absolute Gasteiger partial charge is 0.112 e. The van der Waals surface area contributed by atoms with Crippen LogP contribution in [0.2, 0.25) is 0 Å². The molecule has 0 radical (unpaired) electrons. The molecule has 4 heterocycles. The van der Waals surface area contributed by atoms with E-state index in [9.17, 15) is 20.4 Å². The van der Waals surface area contributed by atoms with Crippen LogP contribution < -0.4 is 0 Å². The van der Waals surface area contributed by atoms with Gasteiger partial charge in [0.25, 0.3) is 0 Å². The van der Waals surface area contributed by atoms with Crippen LogP contribution >= 0.6 is 0 Å². The van der Waals surface area contributed by atoms with Crippen LogP contribution in [0, 0.1) is 0 Å². The molecule has 408 valence electrons. The average Bonchev–Trinajstić information content (AvgIpc) is 3.33. The highest BCUT2D eigenvalue weighted by Crippen LogP contribution is 2.16. The van der Waals surface area contributed by atoms with Gasteiger partial charge in [-0.2, -0.15) is 0 Å². The Kier molecular flexibility index (Phi) is 32.6. The Labute approximate surface area is 416 Å². The lowest BCUT2D eigenvalue weighted by Gasteiger charge is -2.33. The predicted molar refractivity (Wildman–Crippen MR) is 267 cm³/mol. The fourth-order valence-corrected chi connectivity index (χ4v) is 8.95. The zero-order valence-electron chi connectivity index (χ0n) is 43.8. The van der Waals surface area contributed by atoms with Crippen LogP contribution in [0.4, 0.5) is 0 Å². The van der Waals surface area contributed by atoms with Gasteiger partial charge in [0.05, 0.1) is 63.6 Å². The van der Waals surface area contributed by atoms with E-state index in [2.05, 4.69) is 67.4 Å². The minimum atomic E-state index is -0.545. The summed E-state index contributed by atoms with van der Waals surface area (Å²) in [6.07, 6.45) is -0.837. The highest BCUT2D eigenvalue weighted by atomic mass is 16.6. The van der Waals surface area contributed by atoms with Crippen molar-refractivity contribution in [3.63, 3.8) is 0 Å². The Bertz CT molecular complexity index is 1220. The van der Waals surface area contributed by atoms with Gasteiger partial charge < -0.3 is 77.9 Å². The molecule has 0 aliphatic carbocycles. The molecule has 7 atom stereocenters. The second-order valence-electron chi connectivity index (χ2n) is 20.1. The molecular formula is C49H100N8O12. The molecule has 0 saturated carbocycles. The molecule has 4 rings (SSSR count). The summed E-state index contributed by atoms with van der Waals surface area (Å²) in [4.78, 5) is 18.4. The summed E-state index contributed by atoms with van der Waals surface area (Å²) in [5.74, 6) is 0. The topological polar surface area (TPSA) is 181 Å². The molecule has 20 heteroatoms. The quantitative estimate of drug-likeness (QED) is 0.0509. The number of likely N-dealkylation sites (N-methyl/N-ethyl adjacent to an activating group) is 4. The number of β-amino-alcohol motifs (C(OH)–C–C–N with tert-alkyl or cyclic N) is 4. The normalized spacial score (nSPS) is 22.7. The van der Waals surface area contributed by atoms with E-state index in [-0.39, 0.29) is 32.5 Å². The van der Waals surface area contributed by atoms with Gasteiger partial charge in [-0.3, -0.25) is 19.6 Å². The summed E-state index contributed by atoms with van der Waals surface area (Å²) in [7, 11) is 8.50. The van der Waals surface area contributed by atoms with Crippen LogP contribution in [-0.4, -0.2) is 347 Å². The van der Waals surface area contributed by atoms with Crippen molar-refractivity contribution in [1.29, 1.82) is 0 Å². The first-order valence-corrected chi connectivity index (χ1v) is 26.5. The third-order valence-electron chi connectivity index (χ3n) is 13.5. The van der Waals surface area contributed by atoms with Crippen LogP contribution in [0.3, 0.4) is 0 Å². The summed E-state index contributed by atoms with van der Waals surface area (Å²) in [6.45, 7) is 25.1. The zero-order chi connectivity index (χ0) is 49.5. The first-order valence-electron chi connectivity index (χ1n) is 26.5. The van der Waals surface area contributed by atoms with E-state index in [1.54, 1.807) is 0 Å². The van der Waals surface area contributed by atoms with Crippen molar-refractivity contribution in [2.24, 2.45) is 0 Å². The fraction of sp³-hybridized carbons (Fsp3) is 1.00. The van der Waals surface area contributed by atoms with Crippen LogP contribution in [0.15, 0.2) is 0 Å². The number of rotatable bonds is 39. The number of nitrogens with zero attached hydrogens (tertiary/aromatic N) is 8. The highest BCUT2D eigenvalue weighted by molar-refractivity contribution is 4.79. The monoisotopic (exact) mass is 993 g/mol. The molecule has 4 N–H and O–H groups in total. The molecule has 4 aliphatic rings. The number of piperazine rings is 4. The van der Waals surface area contributed by atoms with Gasteiger partial charge in [0.2, 0.25) is 0 Å². The molecule has 0 aromatic rings. The minimum Gasteiger partial charge on any atom is -0.389 e. The second kappa shape index (κ2) is 37.0. The van der Waals surface area contributed by atoms with E-state index >= 15 is 0 Å². The van der Waals surface area contributed by atoms with Gasteiger partial charge in [-0.15, -0.1) is 0 Å². The third-order valence-corrected chi connectivity index (χ3v) is 13.5. The minimum absolute atomic E-state index is 0.275. The van der Waals surface area contributed by atoms with Crippen LogP contribution in [0.5, 0.6) is 0 Å². The molecule has 20 nitrogen and oxygen atoms in total. The Morgan fingerprint density at radius 2 is 0.594 bits per heavy atom. The van der Waals surface area contributed by atoms with Crippen LogP contribution in [-0.2, 0) is 37.9 Å². The zero-order valence-corrected chi connectivity index (χ0v) is 43.8. The lowest BCUT2D eigenvalue weighted by Crippen LogP contribution is -2.47. The van der Waals surface area contributed by atoms with Gasteiger partial charge in [-0.1, -0.05) is 0 Å². The lowest BCUT2D eigenvalue weighted by molar-refractivity contribution is -0.156. The van der Waals surface area contributed by atoms with E-state index < -0.39 is 36.6 Å². The first-order chi connectivity index (χ1) is 33.4. The largest absolute Gasteiger partial charge is 0.389 e. The van der Waals surface area contributed by atoms with Crippen molar-refractivity contribution in [2.45, 2.75) is 75.3 Å². The van der Waals surface area contributed by atoms with Gasteiger partial charge in [0, 0.05) is 184 Å². The molecule has 0 aromatic heterocycles. The van der Waals surface area contributed by atoms with Crippen molar-refractivity contribution in [3.05, 3.63) is 0 Å². The molecule has 0 amide bonds. The Balaban J connectivity index is 1.24. The van der Waals surface area contributed by atoms with E-state index in [0.717, 1.165) is 105 Å². The Morgan fingerprint density at radius 3 is 0.913 bits per heavy atom. The molecule has 4 fully saturated rings. The van der Waals surface area contributed by atoms with E-state index in [0.29, 0.717) is 111 Å². The maximum absolute atomic E-state index is 10.6. The summed E-state index contributed by atoms with van der Waals surface area (Å²) in [6, 6.07) is 0. The molecule has 0 bridgehead atoms. The number of aliphatic hydroxyl groups is 4. The SMILES string of the molecule is CC(OCCCOCC(O)CN1CCN(C)CC1)C(OCCCOCC(O)CN1CCN(C)CC1)C(COCCCOCC(O)CN1CCN(C)CC1)OCCCOCC(O)CN1CCN(C)CC1. The molecule has 0 spiro atoms. The van der Waals surface area contributed by atoms with Gasteiger partial charge in [-0.25, -0.2) is 0 Å². The molecule has 7 unspecified atom stereocenters. The summed E-state index contributed by atoms with van der Waals surface area (Å²) in [5, 5.41) is 42.5. The maximum Gasteiger partial charge on any atom is 0.112 e. The van der Waals surface area contributed by atoms with Crippen molar-refractivity contribution in [1.82, 2.24) is 39.2 Å². The predicted octanol–water partition coefficient (Wildman–Crippen LogP) is -1.76. The summed E-state index contributed by atoms with van der Waals surface area (Å²) in [5.41, 5.74) is 0. The lowest BCUT2D eigenvalue weighted by atomic mass is 10.1. The highest BCUT2D eigenvalue weighted by Gasteiger charge is 2.30. The standard InChI is InChI=1S/C49H100N8O12/c1-43(67-31-7-28-63-39-45(59)35-55-20-12-51(3)13-21-55)49(69-33-9-30-65-41-47(61)37-57-24-16-53(5)17-25-57)48(68-32-8-29-64-40-46(60)36-56-22-14-52(4)15-23-56)42-66-27-6-26-62-38-44(58)34-54-18-10-50(2)11-19-54/h43-49,58-61H,6-42H2,1-5H3. The molecule has 4 aliphatic heterocycles. The van der Waals surface area contributed by atoms with E-state index in [4.69, 9.17) is 37.9 Å². The number of ether oxygens (including phenoxy) is 8. The van der Waals surface area contributed by atoms with Crippen molar-refractivity contribution >= 4 is 0 Å². The number of aliphatic hydroxyl groups excluding tert-OH is 4. The Morgan fingerprint density at radius 1 is 0.333 bits per heavy atom. The summed E-state index contributed by atoms with van der Waals surface area (Å²) >= 11 is 0. The van der Waals surface area contributed by atoms with Crippen molar-refractivity contribution in [2.75, 3.05) is 245 Å². The van der Waals surface area contributed by atoms with Gasteiger partial charge in [0.1, 0.15) is 12.2 Å². The Hall–Kier alpha value is -0.800. The van der Waals surface area contributed by atoms with Gasteiger partial charge in [0.15, 0.2) is 0 Å². The molecular weight excluding hydrogens is 893 g/mol.